The van der Waals surface area contributed by atoms with Crippen molar-refractivity contribution in [3.8, 4) is 28.8 Å². The van der Waals surface area contributed by atoms with Crippen LogP contribution in [-0.4, -0.2) is 25.8 Å². The van der Waals surface area contributed by atoms with E-state index in [0.29, 0.717) is 35.3 Å². The minimum atomic E-state index is -1.06. The number of nitrogens with zero attached hydrogens (tertiary/aromatic N) is 3. The number of hydrogen-bond donors (Lipinski definition) is 1. The maximum absolute atomic E-state index is 11.1. The number of aromatic nitrogens is 3. The van der Waals surface area contributed by atoms with Crippen LogP contribution in [0.5, 0.6) is 17.4 Å². The maximum Gasteiger partial charge on any atom is 0.328 e. The number of ether oxygens (including phenoxy) is 2. The molecule has 0 aliphatic rings. The molecule has 8 nitrogen and oxygen atoms in total. The summed E-state index contributed by atoms with van der Waals surface area (Å²) in [5.41, 5.74) is 3.05. The maximum atomic E-state index is 11.1. The number of rotatable bonds is 10. The van der Waals surface area contributed by atoms with E-state index in [9.17, 15) is 4.79 Å². The number of carboxylic acid groups (broad SMARTS) is 1. The van der Waals surface area contributed by atoms with Crippen molar-refractivity contribution in [3.05, 3.63) is 120 Å². The number of benzene rings is 3. The highest BCUT2D eigenvalue weighted by molar-refractivity contribution is 5.85. The number of para-hydroxylation sites is 1. The molecule has 2 heterocycles. The molecule has 5 aromatic rings. The molecule has 0 aliphatic heterocycles. The fraction of sp³-hybridized carbons (Fsp3) is 0.100. The summed E-state index contributed by atoms with van der Waals surface area (Å²) in [6.45, 7) is 2.41. The van der Waals surface area contributed by atoms with Gasteiger partial charge in [0.1, 0.15) is 29.6 Å². The van der Waals surface area contributed by atoms with Crippen LogP contribution in [0, 0.1) is 6.92 Å². The van der Waals surface area contributed by atoms with Crippen molar-refractivity contribution >= 4 is 12.0 Å². The smallest absolute Gasteiger partial charge is 0.328 e. The van der Waals surface area contributed by atoms with Gasteiger partial charge in [0, 0.05) is 17.8 Å². The van der Waals surface area contributed by atoms with Crippen molar-refractivity contribution in [2.24, 2.45) is 0 Å². The number of oxazole rings is 1. The molecule has 0 amide bonds. The lowest BCUT2D eigenvalue weighted by Gasteiger charge is -2.07. The van der Waals surface area contributed by atoms with Gasteiger partial charge in [-0.15, -0.1) is 5.10 Å². The number of aliphatic carboxylic acids is 1. The lowest BCUT2D eigenvalue weighted by molar-refractivity contribution is -0.131. The molecule has 0 saturated carbocycles. The zero-order valence-corrected chi connectivity index (χ0v) is 20.7. The third-order valence-corrected chi connectivity index (χ3v) is 5.67. The average Bonchev–Trinajstić information content (AvgIpc) is 3.50. The molecule has 5 rings (SSSR count). The van der Waals surface area contributed by atoms with E-state index in [-0.39, 0.29) is 6.61 Å². The molecule has 0 spiro atoms. The van der Waals surface area contributed by atoms with Gasteiger partial charge in [-0.25, -0.2) is 9.78 Å². The van der Waals surface area contributed by atoms with Crippen LogP contribution in [0.3, 0.4) is 0 Å². The Labute approximate surface area is 219 Å². The zero-order valence-electron chi connectivity index (χ0n) is 20.7. The molecule has 0 aliphatic carbocycles. The van der Waals surface area contributed by atoms with Crippen molar-refractivity contribution in [3.63, 3.8) is 0 Å². The molecule has 0 radical (unpaired) electrons. The third kappa shape index (κ3) is 6.17. The normalized spacial score (nSPS) is 11.1. The Balaban J connectivity index is 1.30. The molecular weight excluding hydrogens is 482 g/mol. The second-order valence-electron chi connectivity index (χ2n) is 8.49. The predicted octanol–water partition coefficient (Wildman–Crippen LogP) is 6.36. The summed E-state index contributed by atoms with van der Waals surface area (Å²) in [6.07, 6.45) is 4.26. The molecule has 38 heavy (non-hydrogen) atoms. The number of carboxylic acids is 1. The highest BCUT2D eigenvalue weighted by atomic mass is 16.5. The Morgan fingerprint density at radius 1 is 0.974 bits per heavy atom. The second-order valence-corrected chi connectivity index (χ2v) is 8.49. The third-order valence-electron chi connectivity index (χ3n) is 5.67. The Bertz CT molecular complexity index is 1540. The lowest BCUT2D eigenvalue weighted by Crippen LogP contribution is -2.02. The molecular formula is C30H25N3O5. The standard InChI is InChI=1S/C30H25N3O5/c1-21-27(31-29(37-21)23-8-4-2-5-9-23)20-36-30-24(14-17-28(34)35)19-33(32-30)18-22-12-15-26(16-13-22)38-25-10-6-3-7-11-25/h2-17,19H,18,20H2,1H3,(H,34,35)/b17-14+. The van der Waals surface area contributed by atoms with Crippen molar-refractivity contribution in [1.82, 2.24) is 14.8 Å². The first-order chi connectivity index (χ1) is 18.5. The quantitative estimate of drug-likeness (QED) is 0.219. The largest absolute Gasteiger partial charge is 0.478 e. The summed E-state index contributed by atoms with van der Waals surface area (Å²) < 4.78 is 19.3. The van der Waals surface area contributed by atoms with Gasteiger partial charge in [0.15, 0.2) is 0 Å². The van der Waals surface area contributed by atoms with Crippen LogP contribution in [0.25, 0.3) is 17.5 Å². The summed E-state index contributed by atoms with van der Waals surface area (Å²) in [5.74, 6) is 1.89. The molecule has 190 valence electrons. The first-order valence-electron chi connectivity index (χ1n) is 12.0. The van der Waals surface area contributed by atoms with Crippen molar-refractivity contribution in [1.29, 1.82) is 0 Å². The van der Waals surface area contributed by atoms with E-state index in [0.717, 1.165) is 28.7 Å². The topological polar surface area (TPSA) is 99.6 Å². The molecule has 2 aromatic heterocycles. The van der Waals surface area contributed by atoms with E-state index in [1.54, 1.807) is 10.9 Å². The zero-order chi connectivity index (χ0) is 26.3. The molecule has 0 fully saturated rings. The molecule has 0 atom stereocenters. The molecule has 3 aromatic carbocycles. The van der Waals surface area contributed by atoms with Crippen LogP contribution in [-0.2, 0) is 17.9 Å². The predicted molar refractivity (Wildman–Crippen MR) is 142 cm³/mol. The summed E-state index contributed by atoms with van der Waals surface area (Å²) in [5, 5.41) is 13.6. The van der Waals surface area contributed by atoms with Gasteiger partial charge in [0.2, 0.25) is 11.8 Å². The van der Waals surface area contributed by atoms with Gasteiger partial charge < -0.3 is 19.0 Å². The first-order valence-corrected chi connectivity index (χ1v) is 12.0. The summed E-state index contributed by atoms with van der Waals surface area (Å²) in [4.78, 5) is 15.7. The van der Waals surface area contributed by atoms with Gasteiger partial charge >= 0.3 is 5.97 Å². The Kier molecular flexibility index (Phi) is 7.31. The van der Waals surface area contributed by atoms with E-state index in [1.165, 1.54) is 6.08 Å². The van der Waals surface area contributed by atoms with Gasteiger partial charge in [0.25, 0.3) is 0 Å². The molecule has 0 saturated heterocycles. The van der Waals surface area contributed by atoms with Crippen molar-refractivity contribution in [2.45, 2.75) is 20.1 Å². The van der Waals surface area contributed by atoms with E-state index in [1.807, 2.05) is 91.9 Å². The first kappa shape index (κ1) is 24.6. The van der Waals surface area contributed by atoms with Crippen LogP contribution in [0.2, 0.25) is 0 Å². The number of aryl methyl sites for hydroxylation is 1. The Morgan fingerprint density at radius 2 is 1.66 bits per heavy atom. The van der Waals surface area contributed by atoms with Crippen LogP contribution in [0.4, 0.5) is 0 Å². The molecule has 0 bridgehead atoms. The van der Waals surface area contributed by atoms with Crippen LogP contribution >= 0.6 is 0 Å². The fourth-order valence-corrected chi connectivity index (χ4v) is 3.77. The lowest BCUT2D eigenvalue weighted by atomic mass is 10.2. The molecule has 1 N–H and O–H groups in total. The van der Waals surface area contributed by atoms with Gasteiger partial charge in [-0.05, 0) is 55.0 Å². The molecule has 8 heteroatoms. The SMILES string of the molecule is Cc1oc(-c2ccccc2)nc1COc1nn(Cc2ccc(Oc3ccccc3)cc2)cc1/C=C/C(=O)O. The summed E-state index contributed by atoms with van der Waals surface area (Å²) in [7, 11) is 0. The van der Waals surface area contributed by atoms with E-state index >= 15 is 0 Å². The Morgan fingerprint density at radius 3 is 2.37 bits per heavy atom. The average molecular weight is 508 g/mol. The monoisotopic (exact) mass is 507 g/mol. The van der Waals surface area contributed by atoms with Gasteiger partial charge in [-0.3, -0.25) is 4.68 Å². The molecule has 0 unspecified atom stereocenters. The second kappa shape index (κ2) is 11.3. The van der Waals surface area contributed by atoms with Gasteiger partial charge in [-0.1, -0.05) is 48.5 Å². The van der Waals surface area contributed by atoms with E-state index < -0.39 is 5.97 Å². The van der Waals surface area contributed by atoms with Crippen LogP contribution in [0.1, 0.15) is 22.6 Å². The highest BCUT2D eigenvalue weighted by Gasteiger charge is 2.15. The summed E-state index contributed by atoms with van der Waals surface area (Å²) >= 11 is 0. The van der Waals surface area contributed by atoms with Crippen LogP contribution in [0.15, 0.2) is 102 Å². The van der Waals surface area contributed by atoms with E-state index in [4.69, 9.17) is 19.0 Å². The highest BCUT2D eigenvalue weighted by Crippen LogP contribution is 2.25. The van der Waals surface area contributed by atoms with Gasteiger partial charge in [-0.2, -0.15) is 0 Å². The van der Waals surface area contributed by atoms with Crippen molar-refractivity contribution in [2.75, 3.05) is 0 Å². The van der Waals surface area contributed by atoms with Crippen molar-refractivity contribution < 1.29 is 23.8 Å². The van der Waals surface area contributed by atoms with Crippen LogP contribution < -0.4 is 9.47 Å². The Hall–Kier alpha value is -5.11. The minimum Gasteiger partial charge on any atom is -0.478 e. The number of hydrogen-bond acceptors (Lipinski definition) is 6. The van der Waals surface area contributed by atoms with E-state index in [2.05, 4.69) is 10.1 Å². The fourth-order valence-electron chi connectivity index (χ4n) is 3.77. The van der Waals surface area contributed by atoms with Gasteiger partial charge in [0.05, 0.1) is 12.1 Å². The summed E-state index contributed by atoms with van der Waals surface area (Å²) in [6, 6.07) is 26.9. The minimum absolute atomic E-state index is 0.124. The number of carbonyl (C=O) groups is 1.